The fourth-order valence-electron chi connectivity index (χ4n) is 1.89. The molecule has 24 heavy (non-hydrogen) atoms. The van der Waals surface area contributed by atoms with Gasteiger partial charge in [-0.3, -0.25) is 4.79 Å². The van der Waals surface area contributed by atoms with E-state index in [0.717, 1.165) is 13.0 Å². The summed E-state index contributed by atoms with van der Waals surface area (Å²) in [6.07, 6.45) is 3.92. The molecule has 2 aromatic rings. The number of aromatic nitrogens is 2. The molecule has 0 unspecified atom stereocenters. The third-order valence-electron chi connectivity index (χ3n) is 3.09. The van der Waals surface area contributed by atoms with E-state index in [-0.39, 0.29) is 11.6 Å². The van der Waals surface area contributed by atoms with Crippen LogP contribution in [0.4, 0.5) is 11.5 Å². The Balaban J connectivity index is 1.97. The summed E-state index contributed by atoms with van der Waals surface area (Å²) in [4.78, 5) is 31.9. The van der Waals surface area contributed by atoms with E-state index in [4.69, 9.17) is 4.74 Å². The summed E-state index contributed by atoms with van der Waals surface area (Å²) < 4.78 is 4.91. The first-order chi connectivity index (χ1) is 11.6. The van der Waals surface area contributed by atoms with Crippen LogP contribution in [-0.2, 0) is 4.74 Å². The van der Waals surface area contributed by atoms with Gasteiger partial charge in [-0.15, -0.1) is 0 Å². The Hall–Kier alpha value is -2.96. The predicted octanol–water partition coefficient (Wildman–Crippen LogP) is 2.73. The molecule has 0 radical (unpaired) electrons. The number of hydrogen-bond donors (Lipinski definition) is 2. The summed E-state index contributed by atoms with van der Waals surface area (Å²) in [6.45, 7) is 4.91. The molecule has 1 heterocycles. The van der Waals surface area contributed by atoms with E-state index in [9.17, 15) is 9.59 Å². The Kier molecular flexibility index (Phi) is 6.24. The molecule has 2 rings (SSSR count). The van der Waals surface area contributed by atoms with Crippen LogP contribution in [0.15, 0.2) is 36.7 Å². The highest BCUT2D eigenvalue weighted by molar-refractivity contribution is 6.03. The second-order valence-electron chi connectivity index (χ2n) is 4.97. The van der Waals surface area contributed by atoms with Crippen LogP contribution in [0.1, 0.15) is 41.1 Å². The molecule has 2 N–H and O–H groups in total. The SMILES string of the molecule is CCCNc1cnc(C(=O)Nc2ccc(C(=O)OCC)cc2)cn1. The lowest BCUT2D eigenvalue weighted by molar-refractivity contribution is 0.0526. The van der Waals surface area contributed by atoms with Crippen LogP contribution in [0.3, 0.4) is 0 Å². The molecule has 7 heteroatoms. The van der Waals surface area contributed by atoms with Crippen molar-refractivity contribution < 1.29 is 14.3 Å². The number of anilines is 2. The van der Waals surface area contributed by atoms with Gasteiger partial charge in [-0.2, -0.15) is 0 Å². The minimum Gasteiger partial charge on any atom is -0.462 e. The zero-order valence-corrected chi connectivity index (χ0v) is 13.7. The maximum atomic E-state index is 12.1. The number of hydrogen-bond acceptors (Lipinski definition) is 6. The topological polar surface area (TPSA) is 93.2 Å². The van der Waals surface area contributed by atoms with Gasteiger partial charge in [-0.25, -0.2) is 14.8 Å². The van der Waals surface area contributed by atoms with Crippen LogP contribution < -0.4 is 10.6 Å². The second-order valence-corrected chi connectivity index (χ2v) is 4.97. The largest absolute Gasteiger partial charge is 0.462 e. The average Bonchev–Trinajstić information content (AvgIpc) is 2.61. The molecule has 0 saturated carbocycles. The minimum absolute atomic E-state index is 0.214. The van der Waals surface area contributed by atoms with Gasteiger partial charge in [0.15, 0.2) is 0 Å². The van der Waals surface area contributed by atoms with E-state index in [1.807, 2.05) is 0 Å². The molecule has 0 aliphatic carbocycles. The zero-order chi connectivity index (χ0) is 17.4. The van der Waals surface area contributed by atoms with Crippen LogP contribution in [0.2, 0.25) is 0 Å². The van der Waals surface area contributed by atoms with E-state index < -0.39 is 5.97 Å². The highest BCUT2D eigenvalue weighted by atomic mass is 16.5. The monoisotopic (exact) mass is 328 g/mol. The number of benzene rings is 1. The van der Waals surface area contributed by atoms with Gasteiger partial charge in [0, 0.05) is 12.2 Å². The standard InChI is InChI=1S/C17H20N4O3/c1-3-9-18-15-11-19-14(10-20-15)16(22)21-13-7-5-12(6-8-13)17(23)24-4-2/h5-8,10-11H,3-4,9H2,1-2H3,(H,18,20)(H,21,22). The van der Waals surface area contributed by atoms with Crippen LogP contribution in [-0.4, -0.2) is 35.0 Å². The lowest BCUT2D eigenvalue weighted by Crippen LogP contribution is -2.15. The molecule has 0 atom stereocenters. The molecule has 7 nitrogen and oxygen atoms in total. The minimum atomic E-state index is -0.392. The first-order valence-electron chi connectivity index (χ1n) is 7.78. The Morgan fingerprint density at radius 3 is 2.42 bits per heavy atom. The molecule has 0 spiro atoms. The molecule has 1 aromatic carbocycles. The molecule has 0 fully saturated rings. The summed E-state index contributed by atoms with van der Waals surface area (Å²) >= 11 is 0. The number of esters is 1. The fraction of sp³-hybridized carbons (Fsp3) is 0.294. The van der Waals surface area contributed by atoms with Gasteiger partial charge in [-0.05, 0) is 37.6 Å². The quantitative estimate of drug-likeness (QED) is 0.759. The Bertz CT molecular complexity index is 684. The molecule has 0 aliphatic heterocycles. The van der Waals surface area contributed by atoms with Gasteiger partial charge >= 0.3 is 5.97 Å². The smallest absolute Gasteiger partial charge is 0.338 e. The normalized spacial score (nSPS) is 10.1. The molecular formula is C17H20N4O3. The van der Waals surface area contributed by atoms with Crippen molar-refractivity contribution in [2.45, 2.75) is 20.3 Å². The molecule has 0 aliphatic rings. The van der Waals surface area contributed by atoms with Crippen molar-refractivity contribution in [2.75, 3.05) is 23.8 Å². The van der Waals surface area contributed by atoms with E-state index in [0.29, 0.717) is 23.7 Å². The van der Waals surface area contributed by atoms with Crippen LogP contribution in [0.25, 0.3) is 0 Å². The number of carbonyl (C=O) groups excluding carboxylic acids is 2. The summed E-state index contributed by atoms with van der Waals surface area (Å²) in [7, 11) is 0. The van der Waals surface area contributed by atoms with Crippen LogP contribution in [0, 0.1) is 0 Å². The molecule has 1 aromatic heterocycles. The van der Waals surface area contributed by atoms with E-state index in [1.54, 1.807) is 31.2 Å². The van der Waals surface area contributed by atoms with E-state index in [2.05, 4.69) is 27.5 Å². The van der Waals surface area contributed by atoms with Gasteiger partial charge in [0.1, 0.15) is 11.5 Å². The summed E-state index contributed by atoms with van der Waals surface area (Å²) in [6, 6.07) is 6.46. The number of nitrogens with one attached hydrogen (secondary N) is 2. The fourth-order valence-corrected chi connectivity index (χ4v) is 1.89. The van der Waals surface area contributed by atoms with Gasteiger partial charge in [0.25, 0.3) is 5.91 Å². The lowest BCUT2D eigenvalue weighted by atomic mass is 10.2. The van der Waals surface area contributed by atoms with Gasteiger partial charge in [-0.1, -0.05) is 6.92 Å². The van der Waals surface area contributed by atoms with Gasteiger partial charge in [0.05, 0.1) is 24.6 Å². The summed E-state index contributed by atoms with van der Waals surface area (Å²) in [5, 5.41) is 5.79. The Labute approximate surface area is 140 Å². The third-order valence-corrected chi connectivity index (χ3v) is 3.09. The molecule has 0 saturated heterocycles. The van der Waals surface area contributed by atoms with Crippen LogP contribution in [0.5, 0.6) is 0 Å². The lowest BCUT2D eigenvalue weighted by Gasteiger charge is -2.07. The Morgan fingerprint density at radius 1 is 1.08 bits per heavy atom. The van der Waals surface area contributed by atoms with Crippen molar-refractivity contribution in [3.63, 3.8) is 0 Å². The predicted molar refractivity (Wildman–Crippen MR) is 91.2 cm³/mol. The highest BCUT2D eigenvalue weighted by Gasteiger charge is 2.10. The summed E-state index contributed by atoms with van der Waals surface area (Å²) in [5.41, 5.74) is 1.20. The summed E-state index contributed by atoms with van der Waals surface area (Å²) in [5.74, 6) is -0.128. The van der Waals surface area contributed by atoms with Crippen molar-refractivity contribution in [1.29, 1.82) is 0 Å². The van der Waals surface area contributed by atoms with E-state index >= 15 is 0 Å². The van der Waals surface area contributed by atoms with Crippen molar-refractivity contribution in [3.05, 3.63) is 47.9 Å². The molecule has 1 amide bonds. The maximum absolute atomic E-state index is 12.1. The number of ether oxygens (including phenoxy) is 1. The van der Waals surface area contributed by atoms with Crippen molar-refractivity contribution in [1.82, 2.24) is 9.97 Å². The second kappa shape index (κ2) is 8.61. The molecule has 126 valence electrons. The van der Waals surface area contributed by atoms with Gasteiger partial charge in [0.2, 0.25) is 0 Å². The molecular weight excluding hydrogens is 308 g/mol. The third kappa shape index (κ3) is 4.77. The van der Waals surface area contributed by atoms with Crippen molar-refractivity contribution in [3.8, 4) is 0 Å². The first-order valence-corrected chi connectivity index (χ1v) is 7.78. The van der Waals surface area contributed by atoms with E-state index in [1.165, 1.54) is 12.4 Å². The molecule has 0 bridgehead atoms. The number of rotatable bonds is 7. The average molecular weight is 328 g/mol. The first kappa shape index (κ1) is 17.4. The number of nitrogens with zero attached hydrogens (tertiary/aromatic N) is 2. The van der Waals surface area contributed by atoms with Crippen molar-refractivity contribution in [2.24, 2.45) is 0 Å². The zero-order valence-electron chi connectivity index (χ0n) is 13.7. The maximum Gasteiger partial charge on any atom is 0.338 e. The van der Waals surface area contributed by atoms with Crippen molar-refractivity contribution >= 4 is 23.4 Å². The highest BCUT2D eigenvalue weighted by Crippen LogP contribution is 2.12. The van der Waals surface area contributed by atoms with Crippen LogP contribution >= 0.6 is 0 Å². The Morgan fingerprint density at radius 2 is 1.83 bits per heavy atom. The van der Waals surface area contributed by atoms with Gasteiger partial charge < -0.3 is 15.4 Å². The number of carbonyl (C=O) groups is 2. The number of amides is 1.